The molecule has 1 rings (SSSR count). The third-order valence-electron chi connectivity index (χ3n) is 2.70. The van der Waals surface area contributed by atoms with Crippen molar-refractivity contribution in [2.75, 3.05) is 6.54 Å². The van der Waals surface area contributed by atoms with Gasteiger partial charge in [-0.25, -0.2) is 4.79 Å². The summed E-state index contributed by atoms with van der Waals surface area (Å²) in [5, 5.41) is 12.2. The van der Waals surface area contributed by atoms with Crippen LogP contribution >= 0.6 is 15.9 Å². The zero-order valence-electron chi connectivity index (χ0n) is 11.5. The van der Waals surface area contributed by atoms with Crippen molar-refractivity contribution >= 4 is 21.9 Å². The minimum atomic E-state index is -0.963. The molecule has 0 saturated heterocycles. The number of nitrogens with one attached hydrogen (secondary N) is 1. The van der Waals surface area contributed by atoms with Crippen molar-refractivity contribution in [1.29, 1.82) is 0 Å². The zero-order chi connectivity index (χ0) is 14.4. The normalized spacial score (nSPS) is 12.2. The van der Waals surface area contributed by atoms with E-state index in [1.807, 2.05) is 19.1 Å². The summed E-state index contributed by atoms with van der Waals surface area (Å²) in [6.07, 6.45) is 0.194. The molecule has 0 spiro atoms. The fourth-order valence-corrected chi connectivity index (χ4v) is 2.35. The second kappa shape index (κ2) is 7.50. The van der Waals surface area contributed by atoms with Gasteiger partial charge in [0.2, 0.25) is 0 Å². The lowest BCUT2D eigenvalue weighted by atomic mass is 10.1. The number of carbonyl (C=O) groups is 1. The molecule has 5 heteroatoms. The Balaban J connectivity index is 2.95. The minimum absolute atomic E-state index is 0.654. The summed E-state index contributed by atoms with van der Waals surface area (Å²) in [6, 6.07) is 3.88. The Morgan fingerprint density at radius 2 is 2.21 bits per heavy atom. The van der Waals surface area contributed by atoms with Gasteiger partial charge in [-0.15, -0.1) is 0 Å². The SMILES string of the molecule is CCCNCc1cc(Br)cc(C)c1OC(C)C(=O)O. The Bertz CT molecular complexity index is 449. The van der Waals surface area contributed by atoms with E-state index in [0.29, 0.717) is 12.3 Å². The first-order valence-electron chi connectivity index (χ1n) is 6.35. The third-order valence-corrected chi connectivity index (χ3v) is 3.16. The van der Waals surface area contributed by atoms with Crippen molar-refractivity contribution in [3.8, 4) is 5.75 Å². The molecule has 0 bridgehead atoms. The Kier molecular flexibility index (Phi) is 6.31. The summed E-state index contributed by atoms with van der Waals surface area (Å²) >= 11 is 3.45. The number of hydrogen-bond donors (Lipinski definition) is 2. The maximum atomic E-state index is 10.9. The monoisotopic (exact) mass is 329 g/mol. The van der Waals surface area contributed by atoms with Crippen LogP contribution in [-0.2, 0) is 11.3 Å². The smallest absolute Gasteiger partial charge is 0.344 e. The van der Waals surface area contributed by atoms with Crippen LogP contribution in [0.2, 0.25) is 0 Å². The van der Waals surface area contributed by atoms with Crippen LogP contribution in [0.4, 0.5) is 0 Å². The molecular weight excluding hydrogens is 310 g/mol. The molecule has 1 atom stereocenters. The predicted octanol–water partition coefficient (Wildman–Crippen LogP) is 3.11. The second-order valence-electron chi connectivity index (χ2n) is 4.49. The van der Waals surface area contributed by atoms with Gasteiger partial charge < -0.3 is 15.2 Å². The molecule has 0 radical (unpaired) electrons. The highest BCUT2D eigenvalue weighted by Crippen LogP contribution is 2.29. The average Bonchev–Trinajstić information content (AvgIpc) is 2.33. The van der Waals surface area contributed by atoms with E-state index in [2.05, 4.69) is 28.2 Å². The summed E-state index contributed by atoms with van der Waals surface area (Å²) in [4.78, 5) is 10.9. The molecule has 0 heterocycles. The van der Waals surface area contributed by atoms with Crippen molar-refractivity contribution in [1.82, 2.24) is 5.32 Å². The van der Waals surface area contributed by atoms with Crippen LogP contribution in [0.3, 0.4) is 0 Å². The molecule has 4 nitrogen and oxygen atoms in total. The molecule has 0 saturated carbocycles. The Hall–Kier alpha value is -1.07. The van der Waals surface area contributed by atoms with Crippen molar-refractivity contribution in [3.05, 3.63) is 27.7 Å². The van der Waals surface area contributed by atoms with Crippen LogP contribution in [0.5, 0.6) is 5.75 Å². The lowest BCUT2D eigenvalue weighted by Crippen LogP contribution is -2.24. The number of hydrogen-bond acceptors (Lipinski definition) is 3. The van der Waals surface area contributed by atoms with Gasteiger partial charge in [-0.2, -0.15) is 0 Å². The van der Waals surface area contributed by atoms with Crippen LogP contribution in [0.15, 0.2) is 16.6 Å². The summed E-state index contributed by atoms with van der Waals surface area (Å²) in [5.41, 5.74) is 1.89. The minimum Gasteiger partial charge on any atom is -0.479 e. The van der Waals surface area contributed by atoms with Gasteiger partial charge in [-0.1, -0.05) is 22.9 Å². The zero-order valence-corrected chi connectivity index (χ0v) is 13.1. The Labute approximate surface area is 122 Å². The van der Waals surface area contributed by atoms with E-state index in [0.717, 1.165) is 28.6 Å². The molecule has 1 aromatic rings. The fraction of sp³-hybridized carbons (Fsp3) is 0.500. The largest absolute Gasteiger partial charge is 0.479 e. The molecule has 0 amide bonds. The highest BCUT2D eigenvalue weighted by Gasteiger charge is 2.17. The number of aliphatic carboxylic acids is 1. The molecule has 2 N–H and O–H groups in total. The Morgan fingerprint density at radius 3 is 2.79 bits per heavy atom. The molecule has 106 valence electrons. The summed E-state index contributed by atoms with van der Waals surface area (Å²) in [7, 11) is 0. The second-order valence-corrected chi connectivity index (χ2v) is 5.40. The van der Waals surface area contributed by atoms with Crippen LogP contribution in [0.25, 0.3) is 0 Å². The molecule has 0 aromatic heterocycles. The molecule has 0 aliphatic heterocycles. The van der Waals surface area contributed by atoms with Crippen molar-refractivity contribution < 1.29 is 14.6 Å². The number of aryl methyl sites for hydroxylation is 1. The maximum absolute atomic E-state index is 10.9. The van der Waals surface area contributed by atoms with Gasteiger partial charge in [0.1, 0.15) is 5.75 Å². The number of halogens is 1. The first kappa shape index (κ1) is 16.0. The van der Waals surface area contributed by atoms with Gasteiger partial charge in [0.15, 0.2) is 6.10 Å². The van der Waals surface area contributed by atoms with Crippen LogP contribution in [0.1, 0.15) is 31.4 Å². The molecule has 1 unspecified atom stereocenters. The molecule has 0 fully saturated rings. The third kappa shape index (κ3) is 4.84. The van der Waals surface area contributed by atoms with E-state index in [1.165, 1.54) is 6.92 Å². The van der Waals surface area contributed by atoms with Gasteiger partial charge in [-0.3, -0.25) is 0 Å². The standard InChI is InChI=1S/C14H20BrNO3/c1-4-5-16-8-11-7-12(15)6-9(2)13(11)19-10(3)14(17)18/h6-7,10,16H,4-5,8H2,1-3H3,(H,17,18). The molecule has 1 aromatic carbocycles. The van der Waals surface area contributed by atoms with E-state index >= 15 is 0 Å². The van der Waals surface area contributed by atoms with E-state index in [1.54, 1.807) is 0 Å². The highest BCUT2D eigenvalue weighted by molar-refractivity contribution is 9.10. The number of carboxylic acids is 1. The summed E-state index contributed by atoms with van der Waals surface area (Å²) in [6.45, 7) is 7.13. The number of carboxylic acid groups (broad SMARTS) is 1. The average molecular weight is 330 g/mol. The first-order valence-corrected chi connectivity index (χ1v) is 7.14. The fourth-order valence-electron chi connectivity index (χ4n) is 1.73. The van der Waals surface area contributed by atoms with E-state index < -0.39 is 12.1 Å². The van der Waals surface area contributed by atoms with Crippen molar-refractivity contribution in [2.24, 2.45) is 0 Å². The number of benzene rings is 1. The van der Waals surface area contributed by atoms with Gasteiger partial charge in [0.05, 0.1) is 0 Å². The van der Waals surface area contributed by atoms with Crippen LogP contribution in [0, 0.1) is 6.92 Å². The topological polar surface area (TPSA) is 58.6 Å². The molecular formula is C14H20BrNO3. The summed E-state index contributed by atoms with van der Waals surface area (Å²) in [5.74, 6) is -0.309. The number of rotatable bonds is 7. The van der Waals surface area contributed by atoms with E-state index in [4.69, 9.17) is 9.84 Å². The quantitative estimate of drug-likeness (QED) is 0.754. The van der Waals surface area contributed by atoms with Crippen molar-refractivity contribution in [3.63, 3.8) is 0 Å². The molecule has 0 aliphatic rings. The van der Waals surface area contributed by atoms with E-state index in [-0.39, 0.29) is 0 Å². The van der Waals surface area contributed by atoms with Gasteiger partial charge >= 0.3 is 5.97 Å². The van der Waals surface area contributed by atoms with Crippen LogP contribution in [-0.4, -0.2) is 23.7 Å². The van der Waals surface area contributed by atoms with E-state index in [9.17, 15) is 4.79 Å². The predicted molar refractivity (Wildman–Crippen MR) is 78.6 cm³/mol. The van der Waals surface area contributed by atoms with Crippen molar-refractivity contribution in [2.45, 2.75) is 39.8 Å². The van der Waals surface area contributed by atoms with Gasteiger partial charge in [0.25, 0.3) is 0 Å². The van der Waals surface area contributed by atoms with Crippen LogP contribution < -0.4 is 10.1 Å². The molecule has 19 heavy (non-hydrogen) atoms. The number of ether oxygens (including phenoxy) is 1. The van der Waals surface area contributed by atoms with Gasteiger partial charge in [-0.05, 0) is 44.5 Å². The first-order chi connectivity index (χ1) is 8.95. The van der Waals surface area contributed by atoms with Gasteiger partial charge in [0, 0.05) is 16.6 Å². The molecule has 0 aliphatic carbocycles. The lowest BCUT2D eigenvalue weighted by molar-refractivity contribution is -0.144. The summed E-state index contributed by atoms with van der Waals surface area (Å²) < 4.78 is 6.53. The highest BCUT2D eigenvalue weighted by atomic mass is 79.9. The Morgan fingerprint density at radius 1 is 1.53 bits per heavy atom. The maximum Gasteiger partial charge on any atom is 0.344 e. The lowest BCUT2D eigenvalue weighted by Gasteiger charge is -2.17.